The summed E-state index contributed by atoms with van der Waals surface area (Å²) in [6, 6.07) is 11.7. The van der Waals surface area contributed by atoms with Crippen LogP contribution in [0.25, 0.3) is 11.1 Å². The van der Waals surface area contributed by atoms with Crippen LogP contribution in [0.1, 0.15) is 18.7 Å². The minimum absolute atomic E-state index is 0.00971. The van der Waals surface area contributed by atoms with E-state index in [9.17, 15) is 0 Å². The van der Waals surface area contributed by atoms with E-state index in [4.69, 9.17) is 10.2 Å². The van der Waals surface area contributed by atoms with Gasteiger partial charge in [-0.1, -0.05) is 12.1 Å². The van der Waals surface area contributed by atoms with Crippen LogP contribution >= 0.6 is 0 Å². The number of oxazole rings is 1. The van der Waals surface area contributed by atoms with Gasteiger partial charge in [-0.2, -0.15) is 4.98 Å². The molecule has 3 rings (SSSR count). The molecule has 0 bridgehead atoms. The molecule has 0 aliphatic carbocycles. The molecule has 0 amide bonds. The summed E-state index contributed by atoms with van der Waals surface area (Å²) in [4.78, 5) is 8.64. The van der Waals surface area contributed by atoms with Gasteiger partial charge in [0.2, 0.25) is 0 Å². The van der Waals surface area contributed by atoms with E-state index in [2.05, 4.69) is 15.3 Å². The molecule has 19 heavy (non-hydrogen) atoms. The van der Waals surface area contributed by atoms with Gasteiger partial charge in [-0.25, -0.2) is 0 Å². The number of anilines is 2. The van der Waals surface area contributed by atoms with Crippen molar-refractivity contribution in [3.8, 4) is 0 Å². The van der Waals surface area contributed by atoms with E-state index in [0.717, 1.165) is 5.69 Å². The molecule has 0 saturated heterocycles. The Bertz CT molecular complexity index is 693. The Morgan fingerprint density at radius 1 is 1.21 bits per heavy atom. The normalized spacial score (nSPS) is 12.5. The molecular weight excluding hydrogens is 240 g/mol. The first kappa shape index (κ1) is 11.5. The van der Waals surface area contributed by atoms with Crippen molar-refractivity contribution in [2.24, 2.45) is 0 Å². The minimum atomic E-state index is 0.00971. The van der Waals surface area contributed by atoms with Crippen molar-refractivity contribution < 1.29 is 4.42 Å². The fourth-order valence-electron chi connectivity index (χ4n) is 1.92. The van der Waals surface area contributed by atoms with Crippen molar-refractivity contribution in [2.45, 2.75) is 13.0 Å². The second-order valence-corrected chi connectivity index (χ2v) is 4.33. The number of rotatable bonds is 3. The van der Waals surface area contributed by atoms with E-state index in [1.54, 1.807) is 12.3 Å². The van der Waals surface area contributed by atoms with Gasteiger partial charge in [-0.3, -0.25) is 4.98 Å². The first-order chi connectivity index (χ1) is 9.24. The fourth-order valence-corrected chi connectivity index (χ4v) is 1.92. The van der Waals surface area contributed by atoms with Crippen molar-refractivity contribution in [3.63, 3.8) is 0 Å². The predicted octanol–water partition coefficient (Wildman–Crippen LogP) is 2.98. The highest BCUT2D eigenvalue weighted by Gasteiger charge is 2.12. The summed E-state index contributed by atoms with van der Waals surface area (Å²) in [7, 11) is 0. The Morgan fingerprint density at radius 2 is 2.11 bits per heavy atom. The first-order valence-corrected chi connectivity index (χ1v) is 6.06. The zero-order chi connectivity index (χ0) is 13.2. The molecule has 0 spiro atoms. The van der Waals surface area contributed by atoms with Crippen LogP contribution in [-0.4, -0.2) is 9.97 Å². The molecule has 0 radical (unpaired) electrons. The number of hydrogen-bond donors (Lipinski definition) is 2. The Labute approximate surface area is 110 Å². The zero-order valence-electron chi connectivity index (χ0n) is 10.5. The van der Waals surface area contributed by atoms with Crippen LogP contribution in [0.15, 0.2) is 47.0 Å². The number of pyridine rings is 1. The molecule has 1 unspecified atom stereocenters. The SMILES string of the molecule is CC(Nc1nc2c(N)cccc2o1)c1ccccn1. The van der Waals surface area contributed by atoms with E-state index < -0.39 is 0 Å². The van der Waals surface area contributed by atoms with E-state index in [1.807, 2.05) is 37.3 Å². The van der Waals surface area contributed by atoms with Crippen molar-refractivity contribution in [2.75, 3.05) is 11.1 Å². The Balaban J connectivity index is 1.88. The Morgan fingerprint density at radius 3 is 2.84 bits per heavy atom. The highest BCUT2D eigenvalue weighted by Crippen LogP contribution is 2.25. The maximum atomic E-state index is 5.85. The van der Waals surface area contributed by atoms with Gasteiger partial charge in [0.1, 0.15) is 5.52 Å². The van der Waals surface area contributed by atoms with Crippen molar-refractivity contribution in [1.82, 2.24) is 9.97 Å². The maximum absolute atomic E-state index is 5.85. The van der Waals surface area contributed by atoms with Crippen molar-refractivity contribution in [1.29, 1.82) is 0 Å². The predicted molar refractivity (Wildman–Crippen MR) is 74.7 cm³/mol. The van der Waals surface area contributed by atoms with Crippen LogP contribution in [0.2, 0.25) is 0 Å². The van der Waals surface area contributed by atoms with Crippen molar-refractivity contribution in [3.05, 3.63) is 48.3 Å². The number of nitrogen functional groups attached to an aromatic ring is 1. The van der Waals surface area contributed by atoms with E-state index in [0.29, 0.717) is 22.8 Å². The molecule has 0 aliphatic rings. The van der Waals surface area contributed by atoms with Crippen LogP contribution in [0.3, 0.4) is 0 Å². The number of benzene rings is 1. The second kappa shape index (κ2) is 4.61. The fraction of sp³-hybridized carbons (Fsp3) is 0.143. The lowest BCUT2D eigenvalue weighted by Gasteiger charge is -2.10. The number of aromatic nitrogens is 2. The maximum Gasteiger partial charge on any atom is 0.296 e. The van der Waals surface area contributed by atoms with Gasteiger partial charge in [0.15, 0.2) is 5.58 Å². The van der Waals surface area contributed by atoms with Gasteiger partial charge in [-0.05, 0) is 31.2 Å². The largest absolute Gasteiger partial charge is 0.423 e. The van der Waals surface area contributed by atoms with Gasteiger partial charge < -0.3 is 15.5 Å². The molecule has 96 valence electrons. The summed E-state index contributed by atoms with van der Waals surface area (Å²) in [6.07, 6.45) is 1.76. The lowest BCUT2D eigenvalue weighted by molar-refractivity contribution is 0.602. The lowest BCUT2D eigenvalue weighted by atomic mass is 10.2. The topological polar surface area (TPSA) is 77.0 Å². The highest BCUT2D eigenvalue weighted by atomic mass is 16.4. The monoisotopic (exact) mass is 254 g/mol. The molecule has 5 heteroatoms. The number of para-hydroxylation sites is 1. The van der Waals surface area contributed by atoms with Crippen LogP contribution in [-0.2, 0) is 0 Å². The summed E-state index contributed by atoms with van der Waals surface area (Å²) < 4.78 is 5.61. The third-order valence-electron chi connectivity index (χ3n) is 2.92. The summed E-state index contributed by atoms with van der Waals surface area (Å²) in [5, 5.41) is 3.18. The number of nitrogens with zero attached hydrogens (tertiary/aromatic N) is 2. The van der Waals surface area contributed by atoms with Crippen LogP contribution in [0.4, 0.5) is 11.7 Å². The molecule has 0 saturated carbocycles. The molecule has 1 atom stereocenters. The molecule has 0 aliphatic heterocycles. The van der Waals surface area contributed by atoms with Crippen LogP contribution in [0.5, 0.6) is 0 Å². The summed E-state index contributed by atoms with van der Waals surface area (Å²) in [5.74, 6) is 0. The summed E-state index contributed by atoms with van der Waals surface area (Å²) in [5.41, 5.74) is 8.74. The highest BCUT2D eigenvalue weighted by molar-refractivity contribution is 5.86. The van der Waals surface area contributed by atoms with Gasteiger partial charge in [-0.15, -0.1) is 0 Å². The molecule has 5 nitrogen and oxygen atoms in total. The van der Waals surface area contributed by atoms with Crippen molar-refractivity contribution >= 4 is 22.8 Å². The molecule has 0 fully saturated rings. The minimum Gasteiger partial charge on any atom is -0.423 e. The average Bonchev–Trinajstić information content (AvgIpc) is 2.84. The molecule has 3 aromatic rings. The molecule has 1 aromatic carbocycles. The second-order valence-electron chi connectivity index (χ2n) is 4.33. The standard InChI is InChI=1S/C14H14N4O/c1-9(11-6-2-3-8-16-11)17-14-18-13-10(15)5-4-7-12(13)19-14/h2-9H,15H2,1H3,(H,17,18). The quantitative estimate of drug-likeness (QED) is 0.702. The zero-order valence-corrected chi connectivity index (χ0v) is 10.5. The van der Waals surface area contributed by atoms with Gasteiger partial charge in [0.05, 0.1) is 17.4 Å². The molecule has 3 N–H and O–H groups in total. The van der Waals surface area contributed by atoms with Crippen LogP contribution < -0.4 is 11.1 Å². The number of nitrogens with two attached hydrogens (primary N) is 1. The lowest BCUT2D eigenvalue weighted by Crippen LogP contribution is -2.08. The number of fused-ring (bicyclic) bond motifs is 1. The average molecular weight is 254 g/mol. The number of nitrogens with one attached hydrogen (secondary N) is 1. The molecular formula is C14H14N4O. The smallest absolute Gasteiger partial charge is 0.296 e. The van der Waals surface area contributed by atoms with Gasteiger partial charge in [0, 0.05) is 6.20 Å². The van der Waals surface area contributed by atoms with Crippen LogP contribution in [0, 0.1) is 0 Å². The van der Waals surface area contributed by atoms with E-state index in [-0.39, 0.29) is 6.04 Å². The Hall–Kier alpha value is -2.56. The third-order valence-corrected chi connectivity index (χ3v) is 2.92. The molecule has 2 aromatic heterocycles. The molecule has 2 heterocycles. The van der Waals surface area contributed by atoms with E-state index >= 15 is 0 Å². The number of hydrogen-bond acceptors (Lipinski definition) is 5. The van der Waals surface area contributed by atoms with E-state index in [1.165, 1.54) is 0 Å². The van der Waals surface area contributed by atoms with Gasteiger partial charge >= 0.3 is 0 Å². The first-order valence-electron chi connectivity index (χ1n) is 6.06. The summed E-state index contributed by atoms with van der Waals surface area (Å²) in [6.45, 7) is 2.00. The Kier molecular flexibility index (Phi) is 2.79. The third kappa shape index (κ3) is 2.22. The summed E-state index contributed by atoms with van der Waals surface area (Å²) >= 11 is 0. The van der Waals surface area contributed by atoms with Gasteiger partial charge in [0.25, 0.3) is 6.01 Å².